The van der Waals surface area contributed by atoms with Gasteiger partial charge in [-0.1, -0.05) is 0 Å². The molecule has 0 aliphatic carbocycles. The van der Waals surface area contributed by atoms with Crippen molar-refractivity contribution in [2.45, 2.75) is 6.10 Å². The summed E-state index contributed by atoms with van der Waals surface area (Å²) in [6, 6.07) is 0. The van der Waals surface area contributed by atoms with Crippen LogP contribution in [0.3, 0.4) is 0 Å². The minimum absolute atomic E-state index is 0.916. The largest absolute Gasteiger partial charge is 0.450 e. The molecule has 0 saturated carbocycles. The van der Waals surface area contributed by atoms with Crippen LogP contribution in [0.1, 0.15) is 0 Å². The van der Waals surface area contributed by atoms with E-state index in [2.05, 4.69) is 4.52 Å². The van der Waals surface area contributed by atoms with Crippen LogP contribution in [0.15, 0.2) is 0 Å². The molecule has 0 aliphatic rings. The number of hydrogen-bond donors (Lipinski definition) is 3. The average molecular weight is 202 g/mol. The first kappa shape index (κ1) is 11.0. The highest BCUT2D eigenvalue weighted by Crippen LogP contribution is 2.35. The van der Waals surface area contributed by atoms with Gasteiger partial charge in [0.2, 0.25) is 0 Å². The Balaban J connectivity index is 3.98. The lowest BCUT2D eigenvalue weighted by Gasteiger charge is -2.08. The summed E-state index contributed by atoms with van der Waals surface area (Å²) in [6.45, 7) is 0. The highest BCUT2D eigenvalue weighted by atomic mass is 31.2. The molecule has 0 fully saturated rings. The van der Waals surface area contributed by atoms with Gasteiger partial charge in [-0.15, -0.1) is 0 Å². The van der Waals surface area contributed by atoms with E-state index in [9.17, 15) is 9.36 Å². The molecule has 11 heavy (non-hydrogen) atoms. The van der Waals surface area contributed by atoms with Gasteiger partial charge in [-0.2, -0.15) is 0 Å². The zero-order chi connectivity index (χ0) is 9.07. The molecule has 8 heteroatoms. The molecule has 2 unspecified atom stereocenters. The highest BCUT2D eigenvalue weighted by molar-refractivity contribution is 7.51. The van der Waals surface area contributed by atoms with Gasteiger partial charge >= 0.3 is 13.6 Å². The second kappa shape index (κ2) is 4.14. The molecule has 0 aromatic heterocycles. The third kappa shape index (κ3) is 5.30. The lowest BCUT2D eigenvalue weighted by Crippen LogP contribution is -2.24. The second-order valence-electron chi connectivity index (χ2n) is 1.80. The van der Waals surface area contributed by atoms with E-state index in [0.29, 0.717) is 0 Å². The number of aliphatic hydroxyl groups is 1. The van der Waals surface area contributed by atoms with Crippen LogP contribution in [0.2, 0.25) is 0 Å². The summed E-state index contributed by atoms with van der Waals surface area (Å²) in [5.41, 5.74) is 0. The molecule has 0 bridgehead atoms. The summed E-state index contributed by atoms with van der Waals surface area (Å²) in [4.78, 5) is 26.9. The van der Waals surface area contributed by atoms with E-state index in [0.717, 1.165) is 0 Å². The quantitative estimate of drug-likeness (QED) is 0.499. The van der Waals surface area contributed by atoms with Gasteiger partial charge in [0.05, 0.1) is 15.6 Å². The fourth-order valence-corrected chi connectivity index (χ4v) is 1.14. The molecular formula is C3H8O6P2. The van der Waals surface area contributed by atoms with E-state index >= 15 is 0 Å². The SMILES string of the molecule is O=C(OP)C(O)CP(=O)(O)O. The lowest BCUT2D eigenvalue weighted by molar-refractivity contribution is -0.141. The first-order chi connectivity index (χ1) is 4.87. The summed E-state index contributed by atoms with van der Waals surface area (Å²) in [6.07, 6.45) is -2.69. The van der Waals surface area contributed by atoms with Gasteiger partial charge in [0, 0.05) is 0 Å². The Kier molecular flexibility index (Phi) is 4.14. The van der Waals surface area contributed by atoms with Crippen LogP contribution in [0, 0.1) is 0 Å². The van der Waals surface area contributed by atoms with Crippen molar-refractivity contribution in [3.63, 3.8) is 0 Å². The van der Waals surface area contributed by atoms with Crippen molar-refractivity contribution in [2.75, 3.05) is 6.16 Å². The van der Waals surface area contributed by atoms with Crippen molar-refractivity contribution in [2.24, 2.45) is 0 Å². The fraction of sp³-hybridized carbons (Fsp3) is 0.667. The molecule has 0 heterocycles. The summed E-state index contributed by atoms with van der Waals surface area (Å²) in [5.74, 6) is -1.08. The molecule has 0 radical (unpaired) electrons. The third-order valence-electron chi connectivity index (χ3n) is 0.799. The predicted octanol–water partition coefficient (Wildman–Crippen LogP) is -1.14. The summed E-state index contributed by atoms with van der Waals surface area (Å²) in [7, 11) is -2.78. The maximum atomic E-state index is 10.4. The molecule has 2 atom stereocenters. The van der Waals surface area contributed by atoms with Crippen molar-refractivity contribution < 1.29 is 28.8 Å². The van der Waals surface area contributed by atoms with Crippen molar-refractivity contribution >= 4 is 23.0 Å². The molecule has 0 spiro atoms. The molecule has 0 amide bonds. The minimum atomic E-state index is -4.35. The first-order valence-corrected chi connectivity index (χ1v) is 4.77. The van der Waals surface area contributed by atoms with Crippen LogP contribution >= 0.6 is 17.1 Å². The molecular weight excluding hydrogens is 194 g/mol. The molecule has 3 N–H and O–H groups in total. The molecule has 0 aliphatic heterocycles. The molecule has 0 rings (SSSR count). The van der Waals surface area contributed by atoms with Crippen LogP contribution in [-0.2, 0) is 13.9 Å². The number of aliphatic hydroxyl groups excluding tert-OH is 1. The van der Waals surface area contributed by atoms with Gasteiger partial charge in [-0.05, 0) is 0 Å². The topological polar surface area (TPSA) is 104 Å². The molecule has 0 saturated heterocycles. The Hall–Kier alpha value is 0.01000. The van der Waals surface area contributed by atoms with E-state index in [4.69, 9.17) is 14.9 Å². The van der Waals surface area contributed by atoms with E-state index in [-0.39, 0.29) is 0 Å². The Morgan fingerprint density at radius 2 is 2.09 bits per heavy atom. The lowest BCUT2D eigenvalue weighted by atomic mass is 10.4. The molecule has 66 valence electrons. The predicted molar refractivity (Wildman–Crippen MR) is 38.7 cm³/mol. The number of rotatable bonds is 3. The first-order valence-electron chi connectivity index (χ1n) is 2.50. The Bertz CT molecular complexity index is 184. The van der Waals surface area contributed by atoms with Gasteiger partial charge in [0.15, 0.2) is 6.10 Å². The Labute approximate surface area is 65.0 Å². The van der Waals surface area contributed by atoms with Crippen LogP contribution in [-0.4, -0.2) is 33.1 Å². The number of hydrogen-bond acceptors (Lipinski definition) is 4. The van der Waals surface area contributed by atoms with E-state index in [1.807, 2.05) is 0 Å². The van der Waals surface area contributed by atoms with Crippen molar-refractivity contribution in [1.82, 2.24) is 0 Å². The van der Waals surface area contributed by atoms with E-state index < -0.39 is 25.8 Å². The fourth-order valence-electron chi connectivity index (χ4n) is 0.378. The molecule has 0 aromatic carbocycles. The summed E-state index contributed by atoms with van der Waals surface area (Å²) >= 11 is 0. The van der Waals surface area contributed by atoms with Gasteiger partial charge in [-0.25, -0.2) is 4.79 Å². The van der Waals surface area contributed by atoms with Crippen LogP contribution in [0.4, 0.5) is 0 Å². The Morgan fingerprint density at radius 3 is 2.36 bits per heavy atom. The van der Waals surface area contributed by atoms with Crippen molar-refractivity contribution in [3.05, 3.63) is 0 Å². The molecule has 6 nitrogen and oxygen atoms in total. The number of carbonyl (C=O) groups is 1. The maximum absolute atomic E-state index is 10.4. The van der Waals surface area contributed by atoms with Gasteiger partial charge < -0.3 is 19.4 Å². The zero-order valence-corrected chi connectivity index (χ0v) is 7.42. The summed E-state index contributed by atoms with van der Waals surface area (Å²) < 4.78 is 14.1. The van der Waals surface area contributed by atoms with Crippen molar-refractivity contribution in [1.29, 1.82) is 0 Å². The second-order valence-corrected chi connectivity index (χ2v) is 3.73. The van der Waals surface area contributed by atoms with Gasteiger partial charge in [0.25, 0.3) is 0 Å². The van der Waals surface area contributed by atoms with Gasteiger partial charge in [0.1, 0.15) is 0 Å². The molecule has 0 aromatic rings. The normalized spacial score (nSPS) is 14.2. The monoisotopic (exact) mass is 202 g/mol. The minimum Gasteiger partial charge on any atom is -0.450 e. The maximum Gasteiger partial charge on any atom is 0.337 e. The van der Waals surface area contributed by atoms with Crippen molar-refractivity contribution in [3.8, 4) is 0 Å². The highest BCUT2D eigenvalue weighted by Gasteiger charge is 2.25. The number of carbonyl (C=O) groups excluding carboxylic acids is 1. The van der Waals surface area contributed by atoms with E-state index in [1.165, 1.54) is 0 Å². The smallest absolute Gasteiger partial charge is 0.337 e. The Morgan fingerprint density at radius 1 is 1.64 bits per heavy atom. The van der Waals surface area contributed by atoms with Crippen LogP contribution < -0.4 is 0 Å². The zero-order valence-electron chi connectivity index (χ0n) is 5.38. The third-order valence-corrected chi connectivity index (χ3v) is 1.85. The standard InChI is InChI=1S/C3H8O6P2/c4-2(3(5)9-10)1-11(6,7)8/h2,4H,1,10H2,(H2,6,7,8). The van der Waals surface area contributed by atoms with Crippen LogP contribution in [0.25, 0.3) is 0 Å². The van der Waals surface area contributed by atoms with Gasteiger partial charge in [-0.3, -0.25) is 4.57 Å². The van der Waals surface area contributed by atoms with Crippen LogP contribution in [0.5, 0.6) is 0 Å². The van der Waals surface area contributed by atoms with E-state index in [1.54, 1.807) is 9.47 Å². The average Bonchev–Trinajstić information content (AvgIpc) is 1.82. The summed E-state index contributed by atoms with van der Waals surface area (Å²) in [5, 5.41) is 8.67.